The minimum absolute atomic E-state index is 0.170. The number of ether oxygens (including phenoxy) is 1. The lowest BCUT2D eigenvalue weighted by Crippen LogP contribution is -2.36. The van der Waals surface area contributed by atoms with Gasteiger partial charge in [-0.1, -0.05) is 30.3 Å². The summed E-state index contributed by atoms with van der Waals surface area (Å²) < 4.78 is 57.8. The van der Waals surface area contributed by atoms with E-state index in [4.69, 9.17) is 11.6 Å². The van der Waals surface area contributed by atoms with Crippen LogP contribution in [0.2, 0.25) is 0 Å². The van der Waals surface area contributed by atoms with E-state index in [0.717, 1.165) is 12.1 Å². The maximum Gasteiger partial charge on any atom is 0.469 e. The fourth-order valence-corrected chi connectivity index (χ4v) is 2.48. The van der Waals surface area contributed by atoms with Crippen molar-refractivity contribution < 1.29 is 27.1 Å². The molecule has 0 saturated heterocycles. The lowest BCUT2D eigenvalue weighted by Gasteiger charge is -2.16. The number of alkyl halides is 5. The summed E-state index contributed by atoms with van der Waals surface area (Å²) in [5, 5.41) is 0. The lowest BCUT2D eigenvalue weighted by molar-refractivity contribution is -0.296. The second kappa shape index (κ2) is 5.23. The van der Waals surface area contributed by atoms with E-state index in [1.807, 2.05) is 0 Å². The number of hydrogen-bond acceptors (Lipinski definition) is 2. The molecular formula is C16H9ClF4O2. The van der Waals surface area contributed by atoms with Crippen LogP contribution < -0.4 is 4.74 Å². The highest BCUT2D eigenvalue weighted by Crippen LogP contribution is 2.53. The summed E-state index contributed by atoms with van der Waals surface area (Å²) in [6, 6.07) is 9.51. The van der Waals surface area contributed by atoms with Crippen molar-refractivity contribution in [3.63, 3.8) is 0 Å². The van der Waals surface area contributed by atoms with E-state index in [1.165, 1.54) is 30.3 Å². The topological polar surface area (TPSA) is 26.3 Å². The smallest absolute Gasteiger partial charge is 0.427 e. The maximum atomic E-state index is 13.7. The minimum atomic E-state index is -4.56. The number of benzene rings is 2. The summed E-state index contributed by atoms with van der Waals surface area (Å²) in [7, 11) is 0. The van der Waals surface area contributed by atoms with Crippen LogP contribution in [0.1, 0.15) is 15.9 Å². The molecule has 120 valence electrons. The van der Waals surface area contributed by atoms with Gasteiger partial charge in [-0.3, -0.25) is 4.79 Å². The van der Waals surface area contributed by atoms with Crippen molar-refractivity contribution in [2.45, 2.75) is 12.0 Å². The van der Waals surface area contributed by atoms with Crippen LogP contribution in [-0.4, -0.2) is 17.8 Å². The summed E-state index contributed by atoms with van der Waals surface area (Å²) in [6.45, 7) is 0. The molecule has 0 aromatic heterocycles. The van der Waals surface area contributed by atoms with Gasteiger partial charge in [-0.15, -0.1) is 11.6 Å². The zero-order chi connectivity index (χ0) is 16.8. The Hall–Kier alpha value is -2.08. The van der Waals surface area contributed by atoms with Crippen LogP contribution in [0.3, 0.4) is 0 Å². The molecular weight excluding hydrogens is 336 g/mol. The fourth-order valence-electron chi connectivity index (χ4n) is 2.33. The summed E-state index contributed by atoms with van der Waals surface area (Å²) in [4.78, 5) is 11.4. The number of ketones is 1. The van der Waals surface area contributed by atoms with Crippen LogP contribution in [0.25, 0.3) is 11.1 Å². The Morgan fingerprint density at radius 1 is 1.00 bits per heavy atom. The third-order valence-corrected chi connectivity index (χ3v) is 3.83. The molecule has 0 bridgehead atoms. The lowest BCUT2D eigenvalue weighted by atomic mass is 9.99. The third-order valence-electron chi connectivity index (χ3n) is 3.58. The van der Waals surface area contributed by atoms with E-state index < -0.39 is 23.3 Å². The Morgan fingerprint density at radius 2 is 1.61 bits per heavy atom. The Labute approximate surface area is 133 Å². The first-order valence-corrected chi connectivity index (χ1v) is 7.08. The highest BCUT2D eigenvalue weighted by Gasteiger charge is 2.66. The average molecular weight is 345 g/mol. The minimum Gasteiger partial charge on any atom is -0.427 e. The standard InChI is InChI=1S/C16H9ClF4O2/c17-8-13(22)10-3-1-9(2-4-10)11-5-6-14-12(7-11)15(18,19)16(20,21)23-14/h1-7H,8H2. The summed E-state index contributed by atoms with van der Waals surface area (Å²) in [6.07, 6.45) is -4.56. The molecule has 2 aromatic carbocycles. The molecule has 0 radical (unpaired) electrons. The van der Waals surface area contributed by atoms with Crippen LogP contribution in [0.15, 0.2) is 42.5 Å². The van der Waals surface area contributed by atoms with Gasteiger partial charge in [-0.25, -0.2) is 0 Å². The van der Waals surface area contributed by atoms with Crippen LogP contribution >= 0.6 is 11.6 Å². The van der Waals surface area contributed by atoms with Gasteiger partial charge < -0.3 is 4.74 Å². The molecule has 1 heterocycles. The number of rotatable bonds is 3. The first kappa shape index (κ1) is 15.8. The maximum absolute atomic E-state index is 13.7. The predicted molar refractivity (Wildman–Crippen MR) is 76.4 cm³/mol. The Kier molecular flexibility index (Phi) is 3.59. The van der Waals surface area contributed by atoms with Gasteiger partial charge in [0.1, 0.15) is 5.75 Å². The summed E-state index contributed by atoms with van der Waals surface area (Å²) in [5.74, 6) is -5.38. The van der Waals surface area contributed by atoms with Crippen molar-refractivity contribution in [3.8, 4) is 16.9 Å². The van der Waals surface area contributed by atoms with Gasteiger partial charge >= 0.3 is 12.0 Å². The van der Waals surface area contributed by atoms with Gasteiger partial charge in [0.2, 0.25) is 0 Å². The number of fused-ring (bicyclic) bond motifs is 1. The molecule has 23 heavy (non-hydrogen) atoms. The Morgan fingerprint density at radius 3 is 2.22 bits per heavy atom. The number of halogens is 5. The zero-order valence-corrected chi connectivity index (χ0v) is 12.2. The van der Waals surface area contributed by atoms with E-state index in [1.54, 1.807) is 0 Å². The molecule has 0 atom stereocenters. The second-order valence-corrected chi connectivity index (χ2v) is 5.31. The van der Waals surface area contributed by atoms with Crippen molar-refractivity contribution >= 4 is 17.4 Å². The molecule has 0 unspecified atom stereocenters. The number of hydrogen-bond donors (Lipinski definition) is 0. The molecule has 0 fully saturated rings. The van der Waals surface area contributed by atoms with Crippen LogP contribution in [0, 0.1) is 0 Å². The Bertz CT molecular complexity index is 772. The number of carbonyl (C=O) groups is 1. The number of carbonyl (C=O) groups excluding carboxylic acids is 1. The molecule has 0 N–H and O–H groups in total. The zero-order valence-electron chi connectivity index (χ0n) is 11.5. The molecule has 0 spiro atoms. The molecule has 2 aromatic rings. The van der Waals surface area contributed by atoms with Crippen molar-refractivity contribution in [3.05, 3.63) is 53.6 Å². The van der Waals surface area contributed by atoms with E-state index in [2.05, 4.69) is 4.74 Å². The summed E-state index contributed by atoms with van der Waals surface area (Å²) in [5.41, 5.74) is 0.338. The van der Waals surface area contributed by atoms with Crippen molar-refractivity contribution in [2.24, 2.45) is 0 Å². The number of Topliss-reactive ketones (excluding diaryl/α,β-unsaturated/α-hetero) is 1. The second-order valence-electron chi connectivity index (χ2n) is 5.04. The first-order chi connectivity index (χ1) is 10.8. The molecule has 7 heteroatoms. The van der Waals surface area contributed by atoms with Gasteiger partial charge in [0.05, 0.1) is 11.4 Å². The quantitative estimate of drug-likeness (QED) is 0.452. The highest BCUT2D eigenvalue weighted by atomic mass is 35.5. The fraction of sp³-hybridized carbons (Fsp3) is 0.188. The van der Waals surface area contributed by atoms with Crippen LogP contribution in [0.4, 0.5) is 17.6 Å². The van der Waals surface area contributed by atoms with Crippen molar-refractivity contribution in [1.29, 1.82) is 0 Å². The molecule has 0 amide bonds. The van der Waals surface area contributed by atoms with Gasteiger partial charge in [-0.05, 0) is 23.3 Å². The molecule has 3 rings (SSSR count). The van der Waals surface area contributed by atoms with Crippen LogP contribution in [-0.2, 0) is 5.92 Å². The summed E-state index contributed by atoms with van der Waals surface area (Å²) >= 11 is 5.45. The largest absolute Gasteiger partial charge is 0.469 e. The van der Waals surface area contributed by atoms with Gasteiger partial charge in [-0.2, -0.15) is 17.6 Å². The Balaban J connectivity index is 2.00. The monoisotopic (exact) mass is 344 g/mol. The van der Waals surface area contributed by atoms with E-state index in [-0.39, 0.29) is 11.7 Å². The highest BCUT2D eigenvalue weighted by molar-refractivity contribution is 6.30. The third kappa shape index (κ3) is 2.47. The van der Waals surface area contributed by atoms with Crippen molar-refractivity contribution in [1.82, 2.24) is 0 Å². The molecule has 2 nitrogen and oxygen atoms in total. The van der Waals surface area contributed by atoms with Crippen molar-refractivity contribution in [2.75, 3.05) is 5.88 Å². The normalized spacial score (nSPS) is 17.4. The van der Waals surface area contributed by atoms with Gasteiger partial charge in [0, 0.05) is 5.56 Å². The van der Waals surface area contributed by atoms with E-state index in [0.29, 0.717) is 16.7 Å². The molecule has 0 saturated carbocycles. The SMILES string of the molecule is O=C(CCl)c1ccc(-c2ccc3c(c2)C(F)(F)C(F)(F)O3)cc1. The molecule has 1 aliphatic heterocycles. The van der Waals surface area contributed by atoms with Gasteiger partial charge in [0.25, 0.3) is 0 Å². The van der Waals surface area contributed by atoms with Crippen LogP contribution in [0.5, 0.6) is 5.75 Å². The average Bonchev–Trinajstić information content (AvgIpc) is 2.71. The molecule has 0 aliphatic carbocycles. The van der Waals surface area contributed by atoms with E-state index in [9.17, 15) is 22.4 Å². The van der Waals surface area contributed by atoms with Gasteiger partial charge in [0.15, 0.2) is 5.78 Å². The predicted octanol–water partition coefficient (Wildman–Crippen LogP) is 4.85. The molecule has 1 aliphatic rings. The first-order valence-electron chi connectivity index (χ1n) is 6.55. The van der Waals surface area contributed by atoms with E-state index >= 15 is 0 Å².